The highest BCUT2D eigenvalue weighted by molar-refractivity contribution is 6.33. The summed E-state index contributed by atoms with van der Waals surface area (Å²) in [6.45, 7) is 4.62. The van der Waals surface area contributed by atoms with Crippen LogP contribution in [0.3, 0.4) is 0 Å². The molecule has 2 aromatic carbocycles. The number of amides is 1. The molecule has 0 bridgehead atoms. The third-order valence-electron chi connectivity index (χ3n) is 6.29. The predicted molar refractivity (Wildman–Crippen MR) is 151 cm³/mol. The fourth-order valence-corrected chi connectivity index (χ4v) is 4.58. The summed E-state index contributed by atoms with van der Waals surface area (Å²) < 4.78 is 5.81. The molecule has 10 heteroatoms. The number of ether oxygens (including phenoxy) is 1. The molecule has 0 unspecified atom stereocenters. The summed E-state index contributed by atoms with van der Waals surface area (Å²) in [7, 11) is 1.61. The van der Waals surface area contributed by atoms with Crippen LogP contribution in [-0.4, -0.2) is 41.9 Å². The first kappa shape index (κ1) is 27.1. The Hall–Kier alpha value is -3.95. The van der Waals surface area contributed by atoms with Crippen LogP contribution in [0, 0.1) is 0 Å². The van der Waals surface area contributed by atoms with Gasteiger partial charge in [-0.15, -0.1) is 0 Å². The lowest BCUT2D eigenvalue weighted by Crippen LogP contribution is -2.32. The summed E-state index contributed by atoms with van der Waals surface area (Å²) in [6, 6.07) is 11.2. The molecular formula is C28H31ClN6O3. The Kier molecular flexibility index (Phi) is 8.93. The number of nitrogens with two attached hydrogens (primary N) is 1. The van der Waals surface area contributed by atoms with Gasteiger partial charge in [0, 0.05) is 30.6 Å². The fourth-order valence-electron chi connectivity index (χ4n) is 4.44. The lowest BCUT2D eigenvalue weighted by atomic mass is 10.0. The monoisotopic (exact) mass is 534 g/mol. The molecule has 4 N–H and O–H groups in total. The number of methoxy groups -OCH3 is 1. The standard InChI is InChI=1S/C28H31ClN6O3/c1-3-19(36)16-18-8-4-5-10-22(18)32-27-21(29)17-31-28(34-27)33-23-12-13-24-20(26(23)38-2)9-6-11-25(37)35(24)15-7-14-30/h3-5,8,10,12-13,17H,1,6-7,9,11,14-16,30H2,2H3,(H2,31,32,33,34). The van der Waals surface area contributed by atoms with E-state index in [0.717, 1.165) is 23.2 Å². The van der Waals surface area contributed by atoms with Gasteiger partial charge in [0.1, 0.15) is 10.8 Å². The zero-order chi connectivity index (χ0) is 27.1. The van der Waals surface area contributed by atoms with Gasteiger partial charge in [-0.3, -0.25) is 9.59 Å². The number of fused-ring (bicyclic) bond motifs is 1. The molecule has 0 aliphatic carbocycles. The van der Waals surface area contributed by atoms with Crippen molar-refractivity contribution in [1.29, 1.82) is 0 Å². The average molecular weight is 535 g/mol. The first-order valence-electron chi connectivity index (χ1n) is 12.4. The Bertz CT molecular complexity index is 1350. The Labute approximate surface area is 227 Å². The summed E-state index contributed by atoms with van der Waals surface area (Å²) in [4.78, 5) is 35.4. The maximum Gasteiger partial charge on any atom is 0.229 e. The molecular weight excluding hydrogens is 504 g/mol. The minimum atomic E-state index is -0.0889. The van der Waals surface area contributed by atoms with Gasteiger partial charge in [0.25, 0.3) is 0 Å². The van der Waals surface area contributed by atoms with Crippen molar-refractivity contribution in [1.82, 2.24) is 9.97 Å². The van der Waals surface area contributed by atoms with Crippen molar-refractivity contribution < 1.29 is 14.3 Å². The van der Waals surface area contributed by atoms with E-state index in [2.05, 4.69) is 27.2 Å². The van der Waals surface area contributed by atoms with Gasteiger partial charge < -0.3 is 26.0 Å². The summed E-state index contributed by atoms with van der Waals surface area (Å²) in [6.07, 6.45) is 5.62. The first-order chi connectivity index (χ1) is 18.4. The normalized spacial score (nSPS) is 12.9. The van der Waals surface area contributed by atoms with Crippen LogP contribution < -0.4 is 26.0 Å². The Balaban J connectivity index is 1.63. The molecule has 38 heavy (non-hydrogen) atoms. The molecule has 3 aromatic rings. The van der Waals surface area contributed by atoms with E-state index in [9.17, 15) is 9.59 Å². The fraction of sp³-hybridized carbons (Fsp3) is 0.286. The number of benzene rings is 2. The Morgan fingerprint density at radius 3 is 2.79 bits per heavy atom. The summed E-state index contributed by atoms with van der Waals surface area (Å²) >= 11 is 6.41. The van der Waals surface area contributed by atoms with E-state index in [0.29, 0.717) is 66.3 Å². The van der Waals surface area contributed by atoms with Crippen molar-refractivity contribution >= 4 is 52.1 Å². The second kappa shape index (κ2) is 12.5. The zero-order valence-electron chi connectivity index (χ0n) is 21.3. The first-order valence-corrected chi connectivity index (χ1v) is 12.8. The van der Waals surface area contributed by atoms with Crippen molar-refractivity contribution in [3.63, 3.8) is 0 Å². The van der Waals surface area contributed by atoms with E-state index in [1.807, 2.05) is 36.4 Å². The number of hydrogen-bond acceptors (Lipinski definition) is 8. The van der Waals surface area contributed by atoms with Gasteiger partial charge in [0.15, 0.2) is 11.6 Å². The second-order valence-electron chi connectivity index (χ2n) is 8.83. The number of carbonyl (C=O) groups excluding carboxylic acids is 2. The molecule has 4 rings (SSSR count). The molecule has 1 amide bonds. The number of allylic oxidation sites excluding steroid dienone is 1. The van der Waals surface area contributed by atoms with Gasteiger partial charge in [-0.05, 0) is 55.6 Å². The number of hydrogen-bond donors (Lipinski definition) is 3. The van der Waals surface area contributed by atoms with Crippen molar-refractivity contribution in [3.8, 4) is 5.75 Å². The number of carbonyl (C=O) groups is 2. The van der Waals surface area contributed by atoms with Crippen molar-refractivity contribution in [3.05, 3.63) is 71.4 Å². The predicted octanol–water partition coefficient (Wildman–Crippen LogP) is 4.94. The van der Waals surface area contributed by atoms with Gasteiger partial charge in [0.05, 0.1) is 24.7 Å². The quantitative estimate of drug-likeness (QED) is 0.296. The number of rotatable bonds is 11. The van der Waals surface area contributed by atoms with Crippen LogP contribution in [0.4, 0.5) is 28.8 Å². The molecule has 0 saturated carbocycles. The van der Waals surface area contributed by atoms with E-state index < -0.39 is 0 Å². The topological polar surface area (TPSA) is 122 Å². The largest absolute Gasteiger partial charge is 0.494 e. The lowest BCUT2D eigenvalue weighted by Gasteiger charge is -2.25. The van der Waals surface area contributed by atoms with Crippen LogP contribution >= 0.6 is 11.6 Å². The summed E-state index contributed by atoms with van der Waals surface area (Å²) in [5.74, 6) is 1.33. The van der Waals surface area contributed by atoms with Gasteiger partial charge >= 0.3 is 0 Å². The highest BCUT2D eigenvalue weighted by atomic mass is 35.5. The van der Waals surface area contributed by atoms with Gasteiger partial charge in [-0.25, -0.2) is 4.98 Å². The van der Waals surface area contributed by atoms with E-state index in [-0.39, 0.29) is 18.1 Å². The number of anilines is 5. The minimum Gasteiger partial charge on any atom is -0.494 e. The van der Waals surface area contributed by atoms with Crippen LogP contribution in [0.1, 0.15) is 30.4 Å². The number of nitrogens with one attached hydrogen (secondary N) is 2. The molecule has 0 atom stereocenters. The molecule has 1 aliphatic heterocycles. The van der Waals surface area contributed by atoms with Gasteiger partial charge in [-0.2, -0.15) is 4.98 Å². The third-order valence-corrected chi connectivity index (χ3v) is 6.56. The lowest BCUT2D eigenvalue weighted by molar-refractivity contribution is -0.118. The van der Waals surface area contributed by atoms with E-state index in [1.54, 1.807) is 12.0 Å². The van der Waals surface area contributed by atoms with Crippen molar-refractivity contribution in [2.24, 2.45) is 5.73 Å². The third kappa shape index (κ3) is 6.12. The Morgan fingerprint density at radius 1 is 1.21 bits per heavy atom. The maximum absolute atomic E-state index is 12.7. The molecule has 1 aliphatic rings. The number of halogens is 1. The molecule has 0 spiro atoms. The average Bonchev–Trinajstić information content (AvgIpc) is 3.08. The van der Waals surface area contributed by atoms with Crippen molar-refractivity contribution in [2.45, 2.75) is 32.1 Å². The maximum atomic E-state index is 12.7. The molecule has 198 valence electrons. The summed E-state index contributed by atoms with van der Waals surface area (Å²) in [5.41, 5.74) is 9.67. The zero-order valence-corrected chi connectivity index (χ0v) is 22.1. The van der Waals surface area contributed by atoms with Crippen LogP contribution in [-0.2, 0) is 22.4 Å². The number of ketones is 1. The van der Waals surface area contributed by atoms with Gasteiger partial charge in [-0.1, -0.05) is 36.4 Å². The summed E-state index contributed by atoms with van der Waals surface area (Å²) in [5, 5.41) is 6.78. The molecule has 2 heterocycles. The molecule has 0 saturated heterocycles. The van der Waals surface area contributed by atoms with Gasteiger partial charge in [0.2, 0.25) is 11.9 Å². The second-order valence-corrected chi connectivity index (χ2v) is 9.24. The molecule has 9 nitrogen and oxygen atoms in total. The number of nitrogens with zero attached hydrogens (tertiary/aromatic N) is 3. The molecule has 0 radical (unpaired) electrons. The van der Waals surface area contributed by atoms with Crippen molar-refractivity contribution in [2.75, 3.05) is 35.7 Å². The van der Waals surface area contributed by atoms with Crippen LogP contribution in [0.15, 0.2) is 55.3 Å². The van der Waals surface area contributed by atoms with E-state index in [4.69, 9.17) is 22.1 Å². The smallest absolute Gasteiger partial charge is 0.229 e. The number of aromatic nitrogens is 2. The minimum absolute atomic E-state index is 0.0889. The SMILES string of the molecule is C=CC(=O)Cc1ccccc1Nc1nc(Nc2ccc3c(c2OC)CCCC(=O)N3CCCN)ncc1Cl. The van der Waals surface area contributed by atoms with Crippen LogP contribution in [0.25, 0.3) is 0 Å². The van der Waals surface area contributed by atoms with Crippen LogP contribution in [0.2, 0.25) is 5.02 Å². The number of para-hydroxylation sites is 1. The van der Waals surface area contributed by atoms with E-state index >= 15 is 0 Å². The van der Waals surface area contributed by atoms with E-state index in [1.165, 1.54) is 12.3 Å². The molecule has 1 aromatic heterocycles. The van der Waals surface area contributed by atoms with Crippen LogP contribution in [0.5, 0.6) is 5.75 Å². The molecule has 0 fully saturated rings. The Morgan fingerprint density at radius 2 is 2.03 bits per heavy atom. The highest BCUT2D eigenvalue weighted by Crippen LogP contribution is 2.40. The highest BCUT2D eigenvalue weighted by Gasteiger charge is 2.26.